The maximum Gasteiger partial charge on any atom is 0.258 e. The van der Waals surface area contributed by atoms with Crippen LogP contribution in [-0.2, 0) is 4.79 Å². The molecule has 1 nitrogen and oxygen atoms in total. The fraction of sp³-hybridized carbons (Fsp3) is 0.320. The van der Waals surface area contributed by atoms with E-state index in [1.54, 1.807) is 48.5 Å². The molecule has 2 fully saturated rings. The van der Waals surface area contributed by atoms with E-state index in [1.165, 1.54) is 26.0 Å². The second-order valence-corrected chi connectivity index (χ2v) is 9.85. The minimum Gasteiger partial charge on any atom is -0.289 e. The Morgan fingerprint density at radius 2 is 1.00 bits per heavy atom. The zero-order valence-corrected chi connectivity index (χ0v) is 18.9. The average molecular weight is 483 g/mol. The summed E-state index contributed by atoms with van der Waals surface area (Å²) in [5, 5.41) is 0.901. The Hall–Kier alpha value is -2.11. The molecule has 0 N–H and O–H groups in total. The van der Waals surface area contributed by atoms with E-state index in [2.05, 4.69) is 0 Å². The predicted octanol–water partition coefficient (Wildman–Crippen LogP) is 8.12. The van der Waals surface area contributed by atoms with Crippen molar-refractivity contribution >= 4 is 41.1 Å². The summed E-state index contributed by atoms with van der Waals surface area (Å²) in [6.07, 6.45) is 1.68. The molecular formula is C25H20Cl2F4O. The van der Waals surface area contributed by atoms with Crippen molar-refractivity contribution in [2.45, 2.75) is 38.5 Å². The number of allylic oxidation sites excluding steroid dienone is 2. The lowest BCUT2D eigenvalue weighted by Crippen LogP contribution is -2.24. The normalized spacial score (nSPS) is 28.4. The Balaban J connectivity index is 1.84. The minimum atomic E-state index is -3.10. The third kappa shape index (κ3) is 3.90. The van der Waals surface area contributed by atoms with E-state index in [9.17, 15) is 22.4 Å². The van der Waals surface area contributed by atoms with Gasteiger partial charge in [-0.2, -0.15) is 0 Å². The van der Waals surface area contributed by atoms with Crippen LogP contribution in [0.4, 0.5) is 17.6 Å². The second-order valence-electron chi connectivity index (χ2n) is 8.97. The zero-order chi connectivity index (χ0) is 23.5. The molecule has 32 heavy (non-hydrogen) atoms. The van der Waals surface area contributed by atoms with E-state index in [-0.39, 0.29) is 11.1 Å². The maximum atomic E-state index is 14.4. The van der Waals surface area contributed by atoms with E-state index in [1.807, 2.05) is 0 Å². The summed E-state index contributed by atoms with van der Waals surface area (Å²) in [4.78, 5) is 13.7. The molecule has 2 unspecified atom stereocenters. The minimum absolute atomic E-state index is 0.186. The van der Waals surface area contributed by atoms with Crippen LogP contribution >= 0.6 is 23.2 Å². The van der Waals surface area contributed by atoms with Gasteiger partial charge in [-0.1, -0.05) is 47.5 Å². The summed E-state index contributed by atoms with van der Waals surface area (Å²) in [7, 11) is 0. The molecule has 2 aliphatic rings. The van der Waals surface area contributed by atoms with Gasteiger partial charge in [0.2, 0.25) is 0 Å². The predicted molar refractivity (Wildman–Crippen MR) is 119 cm³/mol. The summed E-state index contributed by atoms with van der Waals surface area (Å²) in [6, 6.07) is 12.7. The van der Waals surface area contributed by atoms with Crippen LogP contribution in [-0.4, -0.2) is 17.6 Å². The molecule has 0 bridgehead atoms. The van der Waals surface area contributed by atoms with Crippen molar-refractivity contribution in [3.8, 4) is 0 Å². The molecule has 0 saturated heterocycles. The Bertz CT molecular complexity index is 1050. The smallest absolute Gasteiger partial charge is 0.258 e. The fourth-order valence-corrected chi connectivity index (χ4v) is 4.18. The number of alkyl halides is 4. The Morgan fingerprint density at radius 1 is 0.719 bits per heavy atom. The van der Waals surface area contributed by atoms with Crippen molar-refractivity contribution in [2.75, 3.05) is 0 Å². The zero-order valence-electron chi connectivity index (χ0n) is 17.4. The van der Waals surface area contributed by atoms with Crippen molar-refractivity contribution < 1.29 is 22.4 Å². The number of Topliss-reactive ketones (excluding diaryl/α,β-unsaturated/α-hetero) is 1. The number of benzene rings is 2. The van der Waals surface area contributed by atoms with E-state index < -0.39 is 41.3 Å². The second kappa shape index (κ2) is 7.46. The Kier molecular flexibility index (Phi) is 5.38. The largest absolute Gasteiger partial charge is 0.289 e. The monoisotopic (exact) mass is 482 g/mol. The molecule has 0 aromatic heterocycles. The molecule has 2 aromatic carbocycles. The number of halogens is 6. The first-order valence-electron chi connectivity index (χ1n) is 10.0. The fourth-order valence-electron chi connectivity index (χ4n) is 3.93. The molecule has 0 amide bonds. The van der Waals surface area contributed by atoms with E-state index >= 15 is 0 Å². The highest BCUT2D eigenvalue weighted by molar-refractivity contribution is 6.30. The first-order chi connectivity index (χ1) is 14.8. The topological polar surface area (TPSA) is 17.1 Å². The van der Waals surface area contributed by atoms with Crippen LogP contribution in [0.25, 0.3) is 12.2 Å². The van der Waals surface area contributed by atoms with Crippen molar-refractivity contribution in [3.05, 3.63) is 80.8 Å². The van der Waals surface area contributed by atoms with Gasteiger partial charge in [-0.3, -0.25) is 4.79 Å². The van der Waals surface area contributed by atoms with Crippen LogP contribution in [0.3, 0.4) is 0 Å². The molecule has 2 aliphatic carbocycles. The van der Waals surface area contributed by atoms with E-state index in [4.69, 9.17) is 23.2 Å². The summed E-state index contributed by atoms with van der Waals surface area (Å²) in [5.41, 5.74) is -2.87. The quantitative estimate of drug-likeness (QED) is 0.300. The van der Waals surface area contributed by atoms with Crippen LogP contribution < -0.4 is 0 Å². The number of hydrogen-bond acceptors (Lipinski definition) is 1. The van der Waals surface area contributed by atoms with Gasteiger partial charge >= 0.3 is 0 Å². The van der Waals surface area contributed by atoms with Crippen molar-refractivity contribution in [1.29, 1.82) is 0 Å². The standard InChI is InChI=1S/C25H20Cl2F4O/c1-22(13-24(22,28)29)19(11-15-3-7-17(26)8-4-15)21(32)20(23(2)14-25(23,30)31)12-16-5-9-18(27)10-6-16/h3-12H,13-14H2,1-2H3. The van der Waals surface area contributed by atoms with Gasteiger partial charge in [0.05, 0.1) is 10.8 Å². The average Bonchev–Trinajstić information content (AvgIpc) is 3.45. The SMILES string of the molecule is CC1(C(=Cc2ccc(Cl)cc2)C(=O)C(=Cc2ccc(Cl)cc2)C2(C)CC2(F)F)CC1(F)F. The molecule has 0 aliphatic heterocycles. The van der Waals surface area contributed by atoms with Crippen LogP contribution in [0.1, 0.15) is 37.8 Å². The van der Waals surface area contributed by atoms with Crippen LogP contribution in [0, 0.1) is 10.8 Å². The lowest BCUT2D eigenvalue weighted by atomic mass is 9.82. The number of carbonyl (C=O) groups is 1. The molecular weight excluding hydrogens is 463 g/mol. The van der Waals surface area contributed by atoms with Crippen LogP contribution in [0.2, 0.25) is 10.0 Å². The van der Waals surface area contributed by atoms with Gasteiger partial charge in [0, 0.05) is 34.0 Å². The molecule has 0 heterocycles. The lowest BCUT2D eigenvalue weighted by molar-refractivity contribution is -0.114. The summed E-state index contributed by atoms with van der Waals surface area (Å²) in [5.74, 6) is -6.99. The molecule has 2 saturated carbocycles. The van der Waals surface area contributed by atoms with Gasteiger partial charge < -0.3 is 0 Å². The van der Waals surface area contributed by atoms with Gasteiger partial charge in [0.25, 0.3) is 11.8 Å². The number of carbonyl (C=O) groups excluding carboxylic acids is 1. The van der Waals surface area contributed by atoms with Gasteiger partial charge in [-0.05, 0) is 61.4 Å². The first-order valence-corrected chi connectivity index (χ1v) is 10.8. The number of rotatable bonds is 6. The number of ketones is 1. The summed E-state index contributed by atoms with van der Waals surface area (Å²) >= 11 is 11.8. The third-order valence-electron chi connectivity index (χ3n) is 6.56. The third-order valence-corrected chi connectivity index (χ3v) is 7.06. The Morgan fingerprint density at radius 3 is 1.25 bits per heavy atom. The molecule has 0 radical (unpaired) electrons. The molecule has 168 valence electrons. The van der Waals surface area contributed by atoms with Gasteiger partial charge in [0.1, 0.15) is 0 Å². The van der Waals surface area contributed by atoms with Gasteiger partial charge in [-0.15, -0.1) is 0 Å². The molecule has 7 heteroatoms. The van der Waals surface area contributed by atoms with E-state index in [0.29, 0.717) is 21.2 Å². The molecule has 4 rings (SSSR count). The van der Waals surface area contributed by atoms with Crippen LogP contribution in [0.15, 0.2) is 59.7 Å². The molecule has 0 spiro atoms. The maximum absolute atomic E-state index is 14.4. The highest BCUT2D eigenvalue weighted by Gasteiger charge is 2.74. The summed E-state index contributed by atoms with van der Waals surface area (Å²) < 4.78 is 57.4. The van der Waals surface area contributed by atoms with Crippen molar-refractivity contribution in [2.24, 2.45) is 10.8 Å². The van der Waals surface area contributed by atoms with Crippen molar-refractivity contribution in [1.82, 2.24) is 0 Å². The highest BCUT2D eigenvalue weighted by atomic mass is 35.5. The summed E-state index contributed by atoms with van der Waals surface area (Å²) in [6.45, 7) is 2.58. The lowest BCUT2D eigenvalue weighted by Gasteiger charge is -2.21. The van der Waals surface area contributed by atoms with Crippen molar-refractivity contribution in [3.63, 3.8) is 0 Å². The number of hydrogen-bond donors (Lipinski definition) is 0. The highest BCUT2D eigenvalue weighted by Crippen LogP contribution is 2.68. The Labute approximate surface area is 193 Å². The first kappa shape index (κ1) is 23.1. The van der Waals surface area contributed by atoms with Crippen LogP contribution in [0.5, 0.6) is 0 Å². The van der Waals surface area contributed by atoms with Gasteiger partial charge in [-0.25, -0.2) is 17.6 Å². The molecule has 2 aromatic rings. The van der Waals surface area contributed by atoms with E-state index in [0.717, 1.165) is 0 Å². The molecule has 2 atom stereocenters. The van der Waals surface area contributed by atoms with Gasteiger partial charge in [0.15, 0.2) is 5.78 Å².